The van der Waals surface area contributed by atoms with Gasteiger partial charge in [0.2, 0.25) is 0 Å². The van der Waals surface area contributed by atoms with E-state index in [1.165, 1.54) is 5.56 Å². The minimum Gasteiger partial charge on any atom is -0.463 e. The van der Waals surface area contributed by atoms with Gasteiger partial charge in [-0.25, -0.2) is 4.68 Å². The summed E-state index contributed by atoms with van der Waals surface area (Å²) in [5, 5.41) is 8.35. The number of aromatic nitrogens is 3. The van der Waals surface area contributed by atoms with Crippen LogP contribution in [0.25, 0.3) is 11.5 Å². The Kier molecular flexibility index (Phi) is 4.12. The molecule has 5 heteroatoms. The lowest BCUT2D eigenvalue weighted by atomic mass is 10.1. The van der Waals surface area contributed by atoms with Gasteiger partial charge in [-0.1, -0.05) is 35.5 Å². The Balaban J connectivity index is 1.72. The molecule has 0 fully saturated rings. The largest absolute Gasteiger partial charge is 0.463 e. The summed E-state index contributed by atoms with van der Waals surface area (Å²) in [5.74, 6) is 0.764. The van der Waals surface area contributed by atoms with Crippen molar-refractivity contribution in [3.8, 4) is 11.5 Å². The number of hydrogen-bond acceptors (Lipinski definition) is 4. The number of benzene rings is 1. The van der Waals surface area contributed by atoms with E-state index in [-0.39, 0.29) is 0 Å². The van der Waals surface area contributed by atoms with Gasteiger partial charge < -0.3 is 10.2 Å². The van der Waals surface area contributed by atoms with Gasteiger partial charge in [-0.2, -0.15) is 0 Å². The molecule has 0 unspecified atom stereocenters. The number of hydrogen-bond donors (Lipinski definition) is 1. The third-order valence-electron chi connectivity index (χ3n) is 3.43. The summed E-state index contributed by atoms with van der Waals surface area (Å²) in [7, 11) is 0. The van der Waals surface area contributed by atoms with Crippen LogP contribution in [0.2, 0.25) is 0 Å². The lowest BCUT2D eigenvalue weighted by Gasteiger charge is -2.06. The van der Waals surface area contributed by atoms with Crippen LogP contribution >= 0.6 is 0 Å². The number of nitrogens with zero attached hydrogens (tertiary/aromatic N) is 3. The molecule has 0 aliphatic rings. The van der Waals surface area contributed by atoms with Crippen LogP contribution in [-0.2, 0) is 19.5 Å². The molecular weight excluding hydrogens is 264 g/mol. The second-order valence-corrected chi connectivity index (χ2v) is 4.88. The highest BCUT2D eigenvalue weighted by atomic mass is 16.3. The minimum atomic E-state index is 0.356. The van der Waals surface area contributed by atoms with Gasteiger partial charge in [0.1, 0.15) is 11.4 Å². The van der Waals surface area contributed by atoms with E-state index in [9.17, 15) is 0 Å². The normalized spacial score (nSPS) is 10.9. The van der Waals surface area contributed by atoms with E-state index < -0.39 is 0 Å². The summed E-state index contributed by atoms with van der Waals surface area (Å²) in [4.78, 5) is 0. The lowest BCUT2D eigenvalue weighted by Crippen LogP contribution is -2.05. The SMILES string of the molecule is NCc1nnn(CCCc2ccccc2)c1-c1ccco1. The van der Waals surface area contributed by atoms with Crippen molar-refractivity contribution in [2.45, 2.75) is 25.9 Å². The minimum absolute atomic E-state index is 0.356. The zero-order valence-corrected chi connectivity index (χ0v) is 11.8. The van der Waals surface area contributed by atoms with Gasteiger partial charge in [0, 0.05) is 13.1 Å². The Bertz CT molecular complexity index is 674. The molecule has 0 spiro atoms. The first kappa shape index (κ1) is 13.6. The molecule has 2 heterocycles. The molecule has 0 radical (unpaired) electrons. The van der Waals surface area contributed by atoms with Crippen molar-refractivity contribution >= 4 is 0 Å². The number of furan rings is 1. The fourth-order valence-corrected chi connectivity index (χ4v) is 2.40. The predicted molar refractivity (Wildman–Crippen MR) is 80.4 cm³/mol. The Labute approximate surface area is 123 Å². The van der Waals surface area contributed by atoms with Crippen LogP contribution in [0.3, 0.4) is 0 Å². The zero-order chi connectivity index (χ0) is 14.5. The Hall–Kier alpha value is -2.40. The van der Waals surface area contributed by atoms with Crippen molar-refractivity contribution in [3.05, 3.63) is 60.0 Å². The maximum Gasteiger partial charge on any atom is 0.153 e. The molecule has 5 nitrogen and oxygen atoms in total. The highest BCUT2D eigenvalue weighted by Crippen LogP contribution is 2.22. The first-order valence-corrected chi connectivity index (χ1v) is 7.08. The zero-order valence-electron chi connectivity index (χ0n) is 11.8. The van der Waals surface area contributed by atoms with Crippen molar-refractivity contribution in [1.29, 1.82) is 0 Å². The fraction of sp³-hybridized carbons (Fsp3) is 0.250. The van der Waals surface area contributed by atoms with E-state index in [0.717, 1.165) is 36.5 Å². The molecule has 0 saturated carbocycles. The Morgan fingerprint density at radius 3 is 2.67 bits per heavy atom. The third-order valence-corrected chi connectivity index (χ3v) is 3.43. The van der Waals surface area contributed by atoms with Gasteiger partial charge in [-0.05, 0) is 30.5 Å². The molecule has 0 aliphatic carbocycles. The Morgan fingerprint density at radius 2 is 1.95 bits per heavy atom. The summed E-state index contributed by atoms with van der Waals surface area (Å²) in [6, 6.07) is 14.2. The first-order valence-electron chi connectivity index (χ1n) is 7.08. The molecule has 3 aromatic rings. The summed E-state index contributed by atoms with van der Waals surface area (Å²) in [5.41, 5.74) is 8.72. The molecule has 0 saturated heterocycles. The van der Waals surface area contributed by atoms with Crippen LogP contribution in [0, 0.1) is 0 Å². The molecule has 0 bridgehead atoms. The van der Waals surface area contributed by atoms with Crippen LogP contribution in [0.5, 0.6) is 0 Å². The highest BCUT2D eigenvalue weighted by Gasteiger charge is 2.15. The van der Waals surface area contributed by atoms with E-state index >= 15 is 0 Å². The summed E-state index contributed by atoms with van der Waals surface area (Å²) in [6.07, 6.45) is 3.65. The molecule has 21 heavy (non-hydrogen) atoms. The molecule has 3 rings (SSSR count). The smallest absolute Gasteiger partial charge is 0.153 e. The van der Waals surface area contributed by atoms with E-state index in [0.29, 0.717) is 6.54 Å². The Morgan fingerprint density at radius 1 is 1.10 bits per heavy atom. The summed E-state index contributed by atoms with van der Waals surface area (Å²) < 4.78 is 7.35. The van der Waals surface area contributed by atoms with Crippen molar-refractivity contribution in [2.75, 3.05) is 0 Å². The highest BCUT2D eigenvalue weighted by molar-refractivity contribution is 5.55. The van der Waals surface area contributed by atoms with Crippen molar-refractivity contribution in [1.82, 2.24) is 15.0 Å². The first-order chi connectivity index (χ1) is 10.4. The molecular formula is C16H18N4O. The van der Waals surface area contributed by atoms with Gasteiger partial charge in [-0.15, -0.1) is 5.10 Å². The van der Waals surface area contributed by atoms with Crippen LogP contribution < -0.4 is 5.73 Å². The fourth-order valence-electron chi connectivity index (χ4n) is 2.40. The molecule has 0 amide bonds. The molecule has 0 aliphatic heterocycles. The molecule has 0 atom stereocenters. The van der Waals surface area contributed by atoms with Gasteiger partial charge in [0.25, 0.3) is 0 Å². The lowest BCUT2D eigenvalue weighted by molar-refractivity contribution is 0.538. The molecule has 1 aromatic carbocycles. The van der Waals surface area contributed by atoms with Crippen molar-refractivity contribution < 1.29 is 4.42 Å². The number of aryl methyl sites for hydroxylation is 2. The van der Waals surface area contributed by atoms with Gasteiger partial charge >= 0.3 is 0 Å². The molecule has 2 aromatic heterocycles. The second-order valence-electron chi connectivity index (χ2n) is 4.88. The molecule has 108 valence electrons. The standard InChI is InChI=1S/C16H18N4O/c17-12-14-16(15-9-5-11-21-15)20(19-18-14)10-4-8-13-6-2-1-3-7-13/h1-3,5-7,9,11H,4,8,10,12,17H2. The average Bonchev–Trinajstić information content (AvgIpc) is 3.16. The maximum absolute atomic E-state index is 5.73. The van der Waals surface area contributed by atoms with Crippen LogP contribution in [0.4, 0.5) is 0 Å². The van der Waals surface area contributed by atoms with E-state index in [4.69, 9.17) is 10.2 Å². The topological polar surface area (TPSA) is 69.9 Å². The monoisotopic (exact) mass is 282 g/mol. The van der Waals surface area contributed by atoms with Crippen LogP contribution in [0.15, 0.2) is 53.1 Å². The van der Waals surface area contributed by atoms with Gasteiger partial charge in [-0.3, -0.25) is 0 Å². The number of rotatable bonds is 6. The van der Waals surface area contributed by atoms with E-state index in [1.807, 2.05) is 22.9 Å². The predicted octanol–water partition coefficient (Wildman–Crippen LogP) is 2.63. The van der Waals surface area contributed by atoms with E-state index in [1.54, 1.807) is 6.26 Å². The third kappa shape index (κ3) is 3.03. The van der Waals surface area contributed by atoms with E-state index in [2.05, 4.69) is 34.6 Å². The summed E-state index contributed by atoms with van der Waals surface area (Å²) in [6.45, 7) is 1.15. The quantitative estimate of drug-likeness (QED) is 0.754. The van der Waals surface area contributed by atoms with Gasteiger partial charge in [0.05, 0.1) is 6.26 Å². The summed E-state index contributed by atoms with van der Waals surface area (Å²) >= 11 is 0. The van der Waals surface area contributed by atoms with Crippen molar-refractivity contribution in [2.24, 2.45) is 5.73 Å². The number of nitrogens with two attached hydrogens (primary N) is 1. The van der Waals surface area contributed by atoms with Crippen molar-refractivity contribution in [3.63, 3.8) is 0 Å². The maximum atomic E-state index is 5.73. The van der Waals surface area contributed by atoms with Crippen LogP contribution in [-0.4, -0.2) is 15.0 Å². The van der Waals surface area contributed by atoms with Crippen LogP contribution in [0.1, 0.15) is 17.7 Å². The molecule has 2 N–H and O–H groups in total. The average molecular weight is 282 g/mol. The second kappa shape index (κ2) is 6.37. The van der Waals surface area contributed by atoms with Gasteiger partial charge in [0.15, 0.2) is 5.76 Å².